The molecule has 0 radical (unpaired) electrons. The highest BCUT2D eigenvalue weighted by atomic mass is 28.3. The molecule has 1 aliphatic heterocycles. The van der Waals surface area contributed by atoms with E-state index in [4.69, 9.17) is 9.31 Å². The van der Waals surface area contributed by atoms with Crippen LogP contribution >= 0.6 is 0 Å². The van der Waals surface area contributed by atoms with Gasteiger partial charge in [0.15, 0.2) is 0 Å². The Morgan fingerprint density at radius 2 is 1.44 bits per heavy atom. The van der Waals surface area contributed by atoms with Gasteiger partial charge in [-0.05, 0) is 39.1 Å². The van der Waals surface area contributed by atoms with Crippen molar-refractivity contribution in [3.05, 3.63) is 0 Å². The first-order valence-electron chi connectivity index (χ1n) is 6.40. The smallest absolute Gasteiger partial charge is 0.403 e. The van der Waals surface area contributed by atoms with E-state index in [1.54, 1.807) is 0 Å². The van der Waals surface area contributed by atoms with Crippen LogP contribution in [0.15, 0.2) is 0 Å². The van der Waals surface area contributed by atoms with Gasteiger partial charge in [0, 0.05) is 8.07 Å². The predicted molar refractivity (Wildman–Crippen MR) is 71.5 cm³/mol. The van der Waals surface area contributed by atoms with Crippen LogP contribution in [0, 0.1) is 0 Å². The van der Waals surface area contributed by atoms with Crippen LogP contribution < -0.4 is 0 Å². The number of rotatable bonds is 2. The van der Waals surface area contributed by atoms with Crippen LogP contribution in [-0.2, 0) is 9.31 Å². The van der Waals surface area contributed by atoms with Crippen LogP contribution in [0.25, 0.3) is 0 Å². The molecule has 92 valence electrons. The van der Waals surface area contributed by atoms with E-state index in [0.717, 1.165) is 5.54 Å². The molecule has 1 saturated heterocycles. The first kappa shape index (κ1) is 12.7. The first-order valence-corrected chi connectivity index (χ1v) is 9.98. The van der Waals surface area contributed by atoms with Crippen molar-refractivity contribution in [1.29, 1.82) is 0 Å². The SMILES string of the molecule is CC1(C)OB([C@H]2C[C@@H]2[Si](C)(C)C)OC1(C)C. The molecule has 16 heavy (non-hydrogen) atoms. The van der Waals surface area contributed by atoms with E-state index in [9.17, 15) is 0 Å². The third-order valence-electron chi connectivity index (χ3n) is 4.57. The summed E-state index contributed by atoms with van der Waals surface area (Å²) in [6, 6.07) is 0. The molecular weight excluding hydrogens is 215 g/mol. The molecule has 2 aliphatic rings. The molecule has 1 heterocycles. The molecule has 0 amide bonds. The summed E-state index contributed by atoms with van der Waals surface area (Å²) in [5, 5.41) is 0. The van der Waals surface area contributed by atoms with Crippen LogP contribution in [0.2, 0.25) is 31.0 Å². The highest BCUT2D eigenvalue weighted by Crippen LogP contribution is 2.61. The van der Waals surface area contributed by atoms with Gasteiger partial charge in [0.25, 0.3) is 0 Å². The Labute approximate surface area is 101 Å². The summed E-state index contributed by atoms with van der Waals surface area (Å²) >= 11 is 0. The number of hydrogen-bond acceptors (Lipinski definition) is 2. The molecule has 0 aromatic heterocycles. The van der Waals surface area contributed by atoms with Gasteiger partial charge in [0.1, 0.15) is 0 Å². The van der Waals surface area contributed by atoms with Crippen molar-refractivity contribution in [2.45, 2.75) is 76.3 Å². The average molecular weight is 240 g/mol. The van der Waals surface area contributed by atoms with Gasteiger partial charge < -0.3 is 9.31 Å². The average Bonchev–Trinajstić information content (AvgIpc) is 2.73. The normalized spacial score (nSPS) is 36.6. The van der Waals surface area contributed by atoms with Crippen molar-refractivity contribution < 1.29 is 9.31 Å². The van der Waals surface area contributed by atoms with Crippen molar-refractivity contribution in [1.82, 2.24) is 0 Å². The molecule has 0 bridgehead atoms. The maximum Gasteiger partial charge on any atom is 0.461 e. The van der Waals surface area contributed by atoms with E-state index in [1.807, 2.05) is 0 Å². The zero-order valence-corrected chi connectivity index (χ0v) is 12.8. The van der Waals surface area contributed by atoms with Crippen LogP contribution in [-0.4, -0.2) is 26.4 Å². The second-order valence-electron chi connectivity index (χ2n) is 7.50. The van der Waals surface area contributed by atoms with Crippen molar-refractivity contribution in [3.63, 3.8) is 0 Å². The maximum absolute atomic E-state index is 6.11. The molecular formula is C12H25BO2Si. The summed E-state index contributed by atoms with van der Waals surface area (Å²) in [7, 11) is -0.963. The summed E-state index contributed by atoms with van der Waals surface area (Å²) in [4.78, 5) is 0. The van der Waals surface area contributed by atoms with Crippen LogP contribution in [0.5, 0.6) is 0 Å². The predicted octanol–water partition coefficient (Wildman–Crippen LogP) is 3.56. The Morgan fingerprint density at radius 3 is 1.75 bits per heavy atom. The van der Waals surface area contributed by atoms with Crippen molar-refractivity contribution in [3.8, 4) is 0 Å². The lowest BCUT2D eigenvalue weighted by atomic mass is 9.82. The highest BCUT2D eigenvalue weighted by molar-refractivity contribution is 6.80. The molecule has 0 unspecified atom stereocenters. The van der Waals surface area contributed by atoms with Gasteiger partial charge in [-0.15, -0.1) is 0 Å². The summed E-state index contributed by atoms with van der Waals surface area (Å²) in [6.07, 6.45) is 1.31. The number of hydrogen-bond donors (Lipinski definition) is 0. The summed E-state index contributed by atoms with van der Waals surface area (Å²) in [6.45, 7) is 15.9. The van der Waals surface area contributed by atoms with Gasteiger partial charge in [-0.25, -0.2) is 0 Å². The molecule has 2 fully saturated rings. The van der Waals surface area contributed by atoms with Gasteiger partial charge in [0.05, 0.1) is 11.2 Å². The minimum atomic E-state index is -1.01. The van der Waals surface area contributed by atoms with Crippen molar-refractivity contribution in [2.75, 3.05) is 0 Å². The molecule has 1 saturated carbocycles. The topological polar surface area (TPSA) is 18.5 Å². The van der Waals surface area contributed by atoms with Gasteiger partial charge in [-0.3, -0.25) is 0 Å². The molecule has 2 nitrogen and oxygen atoms in total. The van der Waals surface area contributed by atoms with Gasteiger partial charge in [-0.1, -0.05) is 26.1 Å². The Bertz CT molecular complexity index is 280. The molecule has 0 aromatic rings. The van der Waals surface area contributed by atoms with Crippen LogP contribution in [0.1, 0.15) is 34.1 Å². The largest absolute Gasteiger partial charge is 0.461 e. The zero-order valence-electron chi connectivity index (χ0n) is 11.8. The highest BCUT2D eigenvalue weighted by Gasteiger charge is 2.61. The quantitative estimate of drug-likeness (QED) is 0.687. The minimum Gasteiger partial charge on any atom is -0.403 e. The molecule has 0 N–H and O–H groups in total. The molecule has 2 rings (SSSR count). The van der Waals surface area contributed by atoms with Crippen molar-refractivity contribution in [2.24, 2.45) is 0 Å². The third-order valence-corrected chi connectivity index (χ3v) is 7.46. The molecule has 0 aromatic carbocycles. The van der Waals surface area contributed by atoms with E-state index in [0.29, 0.717) is 5.82 Å². The second-order valence-corrected chi connectivity index (χ2v) is 13.0. The lowest BCUT2D eigenvalue weighted by molar-refractivity contribution is 0.00578. The monoisotopic (exact) mass is 240 g/mol. The van der Waals surface area contributed by atoms with Gasteiger partial charge in [0.2, 0.25) is 0 Å². The van der Waals surface area contributed by atoms with E-state index in [-0.39, 0.29) is 18.3 Å². The Morgan fingerprint density at radius 1 is 1.00 bits per heavy atom. The second kappa shape index (κ2) is 3.36. The van der Waals surface area contributed by atoms with E-state index in [1.165, 1.54) is 6.42 Å². The Hall–Kier alpha value is 0.202. The Kier molecular flexibility index (Phi) is 2.66. The fraction of sp³-hybridized carbons (Fsp3) is 1.00. The van der Waals surface area contributed by atoms with E-state index < -0.39 is 8.07 Å². The molecule has 2 atom stereocenters. The van der Waals surface area contributed by atoms with Crippen molar-refractivity contribution >= 4 is 15.2 Å². The summed E-state index contributed by atoms with van der Waals surface area (Å²) in [5.74, 6) is 0.660. The maximum atomic E-state index is 6.11. The fourth-order valence-electron chi connectivity index (χ4n) is 2.57. The lowest BCUT2D eigenvalue weighted by Crippen LogP contribution is -2.41. The summed E-state index contributed by atoms with van der Waals surface area (Å²) in [5.41, 5.74) is 0.566. The Balaban J connectivity index is 2.02. The van der Waals surface area contributed by atoms with E-state index >= 15 is 0 Å². The van der Waals surface area contributed by atoms with Crippen LogP contribution in [0.3, 0.4) is 0 Å². The molecule has 0 spiro atoms. The lowest BCUT2D eigenvalue weighted by Gasteiger charge is -2.32. The fourth-order valence-corrected chi connectivity index (χ4v) is 5.00. The summed E-state index contributed by atoms with van der Waals surface area (Å²) < 4.78 is 12.2. The first-order chi connectivity index (χ1) is 7.05. The van der Waals surface area contributed by atoms with Gasteiger partial charge in [-0.2, -0.15) is 0 Å². The standard InChI is InChI=1S/C12H25BO2Si/c1-11(2)12(3,4)15-13(14-11)9-8-10(9)16(5,6)7/h9-10H,8H2,1-7H3/t9-,10-/m0/s1. The van der Waals surface area contributed by atoms with Gasteiger partial charge >= 0.3 is 7.12 Å². The molecule has 1 aliphatic carbocycles. The van der Waals surface area contributed by atoms with E-state index in [2.05, 4.69) is 47.3 Å². The third kappa shape index (κ3) is 2.00. The zero-order chi connectivity index (χ0) is 12.4. The minimum absolute atomic E-state index is 0.0433. The van der Waals surface area contributed by atoms with Crippen LogP contribution in [0.4, 0.5) is 0 Å². The molecule has 4 heteroatoms.